The maximum atomic E-state index is 12.2. The molecule has 0 aromatic heterocycles. The predicted molar refractivity (Wildman–Crippen MR) is 55.8 cm³/mol. The fourth-order valence-corrected chi connectivity index (χ4v) is 4.06. The number of amidine groups is 1. The van der Waals surface area contributed by atoms with E-state index in [9.17, 15) is 4.79 Å². The van der Waals surface area contributed by atoms with Crippen LogP contribution in [-0.4, -0.2) is 22.6 Å². The van der Waals surface area contributed by atoms with Crippen LogP contribution in [0.1, 0.15) is 32.1 Å². The Hall–Kier alpha value is -1.26. The molecule has 5 nitrogen and oxygen atoms in total. The highest BCUT2D eigenvalue weighted by Crippen LogP contribution is 2.55. The normalized spacial score (nSPS) is 46.1. The van der Waals surface area contributed by atoms with Crippen LogP contribution < -0.4 is 5.73 Å². The van der Waals surface area contributed by atoms with Gasteiger partial charge in [0, 0.05) is 5.92 Å². The summed E-state index contributed by atoms with van der Waals surface area (Å²) in [6, 6.07) is -0.282. The van der Waals surface area contributed by atoms with Gasteiger partial charge in [-0.3, -0.25) is 4.79 Å². The molecule has 4 bridgehead atoms. The highest BCUT2D eigenvalue weighted by Gasteiger charge is 2.58. The number of Topliss-reactive ketones (excluding diaryl/α,β-unsaturated/α-hetero) is 1. The van der Waals surface area contributed by atoms with Gasteiger partial charge in [0.2, 0.25) is 0 Å². The molecule has 4 fully saturated rings. The average molecular weight is 224 g/mol. The van der Waals surface area contributed by atoms with Crippen LogP contribution in [0.2, 0.25) is 0 Å². The minimum atomic E-state index is -0.773. The van der Waals surface area contributed by atoms with Crippen molar-refractivity contribution in [1.29, 1.82) is 0 Å². The van der Waals surface area contributed by atoms with Crippen molar-refractivity contribution in [3.05, 3.63) is 0 Å². The van der Waals surface area contributed by atoms with Crippen molar-refractivity contribution in [3.63, 3.8) is 0 Å². The molecule has 0 amide bonds. The fourth-order valence-electron chi connectivity index (χ4n) is 4.06. The molecule has 0 aromatic rings. The van der Waals surface area contributed by atoms with Crippen LogP contribution in [0.15, 0.2) is 5.16 Å². The van der Waals surface area contributed by atoms with E-state index in [1.165, 1.54) is 6.42 Å². The first-order valence-electron chi connectivity index (χ1n) is 5.84. The summed E-state index contributed by atoms with van der Waals surface area (Å²) in [7, 11) is 0. The second-order valence-electron chi connectivity index (χ2n) is 5.44. The molecule has 2 atom stereocenters. The second kappa shape index (κ2) is 3.12. The molecule has 4 rings (SSSR count). The third kappa shape index (κ3) is 1.23. The lowest BCUT2D eigenvalue weighted by atomic mass is 9.53. The maximum Gasteiger partial charge on any atom is 0.322 e. The molecule has 0 aromatic carbocycles. The second-order valence-corrected chi connectivity index (χ2v) is 5.44. The number of hydrogen-bond donors (Lipinski definition) is 2. The Kier molecular flexibility index (Phi) is 1.94. The number of oxime groups is 1. The zero-order chi connectivity index (χ0) is 11.3. The number of hydrogen-bond acceptors (Lipinski definition) is 4. The number of carbonyl (C=O) groups is 1. The van der Waals surface area contributed by atoms with Crippen LogP contribution in [0.5, 0.6) is 0 Å². The summed E-state index contributed by atoms with van der Waals surface area (Å²) >= 11 is 0. The van der Waals surface area contributed by atoms with E-state index >= 15 is 0 Å². The van der Waals surface area contributed by atoms with Crippen molar-refractivity contribution in [1.82, 2.24) is 0 Å². The quantitative estimate of drug-likeness (QED) is 0.299. The minimum absolute atomic E-state index is 0.151. The van der Waals surface area contributed by atoms with Gasteiger partial charge in [-0.2, -0.15) is 0 Å². The summed E-state index contributed by atoms with van der Waals surface area (Å²) < 4.78 is 5.44. The summed E-state index contributed by atoms with van der Waals surface area (Å²) in [6.45, 7) is 0. The molecule has 0 radical (unpaired) electrons. The number of ketones is 1. The van der Waals surface area contributed by atoms with Gasteiger partial charge in [0.05, 0.1) is 0 Å². The minimum Gasteiger partial charge on any atom is -0.449 e. The molecule has 5 heteroatoms. The third-order valence-corrected chi connectivity index (χ3v) is 4.36. The first-order valence-corrected chi connectivity index (χ1v) is 5.84. The van der Waals surface area contributed by atoms with Crippen LogP contribution in [0.3, 0.4) is 0 Å². The standard InChI is InChI=1S/C11H16N2O3/c12-10(13-15)16-11-4-6-1-7(5-11)3-8(2-6)9(11)14/h6-8,15H,1-5H2,(H2,12,13). The van der Waals surface area contributed by atoms with Gasteiger partial charge < -0.3 is 15.7 Å². The lowest BCUT2D eigenvalue weighted by Crippen LogP contribution is -2.60. The van der Waals surface area contributed by atoms with Crippen LogP contribution in [0.25, 0.3) is 0 Å². The first-order chi connectivity index (χ1) is 7.63. The summed E-state index contributed by atoms with van der Waals surface area (Å²) in [6.07, 6.45) is 4.72. The highest BCUT2D eigenvalue weighted by atomic mass is 16.6. The molecule has 88 valence electrons. The summed E-state index contributed by atoms with van der Waals surface area (Å²) in [5.74, 6) is 1.49. The number of nitrogens with two attached hydrogens (primary N) is 1. The van der Waals surface area contributed by atoms with E-state index in [1.807, 2.05) is 0 Å². The topological polar surface area (TPSA) is 84.9 Å². The molecule has 0 heterocycles. The van der Waals surface area contributed by atoms with Gasteiger partial charge >= 0.3 is 6.02 Å². The lowest BCUT2D eigenvalue weighted by Gasteiger charge is -2.54. The Morgan fingerprint density at radius 3 is 2.56 bits per heavy atom. The zero-order valence-electron chi connectivity index (χ0n) is 9.06. The van der Waals surface area contributed by atoms with E-state index in [2.05, 4.69) is 5.16 Å². The molecule has 0 saturated heterocycles. The Balaban J connectivity index is 1.91. The van der Waals surface area contributed by atoms with Gasteiger partial charge in [-0.25, -0.2) is 0 Å². The van der Waals surface area contributed by atoms with Crippen molar-refractivity contribution < 1.29 is 14.7 Å². The molecule has 4 saturated carbocycles. The van der Waals surface area contributed by atoms with Gasteiger partial charge in [-0.15, -0.1) is 0 Å². The molecule has 4 aliphatic carbocycles. The smallest absolute Gasteiger partial charge is 0.322 e. The van der Waals surface area contributed by atoms with Gasteiger partial charge in [0.15, 0.2) is 11.4 Å². The van der Waals surface area contributed by atoms with E-state index in [0.29, 0.717) is 11.8 Å². The fraction of sp³-hybridized carbons (Fsp3) is 0.818. The SMILES string of the molecule is NC(=NO)OC12CC3CC(CC(C3)C1=O)C2. The van der Waals surface area contributed by atoms with Crippen molar-refractivity contribution in [2.45, 2.75) is 37.7 Å². The van der Waals surface area contributed by atoms with E-state index in [1.54, 1.807) is 0 Å². The third-order valence-electron chi connectivity index (χ3n) is 4.36. The average Bonchev–Trinajstić information content (AvgIpc) is 2.24. The Labute approximate surface area is 93.6 Å². The van der Waals surface area contributed by atoms with E-state index in [4.69, 9.17) is 15.7 Å². The summed E-state index contributed by atoms with van der Waals surface area (Å²) in [5, 5.41) is 11.4. The van der Waals surface area contributed by atoms with E-state index < -0.39 is 5.60 Å². The van der Waals surface area contributed by atoms with Gasteiger partial charge in [0.1, 0.15) is 0 Å². The van der Waals surface area contributed by atoms with Gasteiger partial charge in [-0.1, -0.05) is 0 Å². The van der Waals surface area contributed by atoms with Crippen molar-refractivity contribution in [2.24, 2.45) is 28.6 Å². The highest BCUT2D eigenvalue weighted by molar-refractivity contribution is 5.93. The molecular formula is C11H16N2O3. The number of rotatable bonds is 1. The Morgan fingerprint density at radius 2 is 2.00 bits per heavy atom. The summed E-state index contributed by atoms with van der Waals surface area (Å²) in [4.78, 5) is 12.2. The first kappa shape index (κ1) is 9.93. The molecular weight excluding hydrogens is 208 g/mol. The summed E-state index contributed by atoms with van der Waals surface area (Å²) in [5.41, 5.74) is 4.61. The number of nitrogens with zero attached hydrogens (tertiary/aromatic N) is 1. The van der Waals surface area contributed by atoms with E-state index in [0.717, 1.165) is 25.7 Å². The van der Waals surface area contributed by atoms with Crippen LogP contribution in [0, 0.1) is 17.8 Å². The van der Waals surface area contributed by atoms with Crippen LogP contribution in [0.4, 0.5) is 0 Å². The van der Waals surface area contributed by atoms with Crippen molar-refractivity contribution in [2.75, 3.05) is 0 Å². The van der Waals surface area contributed by atoms with Crippen LogP contribution >= 0.6 is 0 Å². The maximum absolute atomic E-state index is 12.2. The number of ether oxygens (including phenoxy) is 1. The van der Waals surface area contributed by atoms with E-state index in [-0.39, 0.29) is 17.7 Å². The molecule has 3 N–H and O–H groups in total. The zero-order valence-corrected chi connectivity index (χ0v) is 9.06. The number of carbonyl (C=O) groups excluding carboxylic acids is 1. The molecule has 2 unspecified atom stereocenters. The molecule has 0 spiro atoms. The Bertz CT molecular complexity index is 352. The molecule has 4 aliphatic rings. The Morgan fingerprint density at radius 1 is 1.38 bits per heavy atom. The van der Waals surface area contributed by atoms with Gasteiger partial charge in [-0.05, 0) is 49.1 Å². The predicted octanol–water partition coefficient (Wildman–Crippen LogP) is 0.855. The van der Waals surface area contributed by atoms with Crippen molar-refractivity contribution >= 4 is 11.8 Å². The monoisotopic (exact) mass is 224 g/mol. The van der Waals surface area contributed by atoms with Crippen molar-refractivity contribution in [3.8, 4) is 0 Å². The van der Waals surface area contributed by atoms with Crippen LogP contribution in [-0.2, 0) is 9.53 Å². The molecule has 16 heavy (non-hydrogen) atoms. The largest absolute Gasteiger partial charge is 0.449 e. The van der Waals surface area contributed by atoms with Gasteiger partial charge in [0.25, 0.3) is 0 Å². The molecule has 0 aliphatic heterocycles. The lowest BCUT2D eigenvalue weighted by molar-refractivity contribution is -0.166.